The van der Waals surface area contributed by atoms with Crippen LogP contribution >= 0.6 is 0 Å². The lowest BCUT2D eigenvalue weighted by atomic mass is 9.94. The minimum atomic E-state index is 0.811. The van der Waals surface area contributed by atoms with E-state index in [-0.39, 0.29) is 0 Å². The standard InChI is InChI=1S/C10H22N2/c1-4-7-12(3)10-5-6-11-8-9(10)2/h9-11H,4-8H2,1-3H3. The fourth-order valence-electron chi connectivity index (χ4n) is 2.17. The van der Waals surface area contributed by atoms with Crippen molar-refractivity contribution in [2.75, 3.05) is 26.7 Å². The van der Waals surface area contributed by atoms with E-state index in [4.69, 9.17) is 0 Å². The highest BCUT2D eigenvalue weighted by molar-refractivity contribution is 4.81. The molecule has 0 bridgehead atoms. The van der Waals surface area contributed by atoms with Crippen LogP contribution in [0.2, 0.25) is 0 Å². The summed E-state index contributed by atoms with van der Waals surface area (Å²) in [6.07, 6.45) is 2.59. The Morgan fingerprint density at radius 1 is 1.50 bits per heavy atom. The van der Waals surface area contributed by atoms with Crippen LogP contribution < -0.4 is 5.32 Å². The molecular formula is C10H22N2. The van der Waals surface area contributed by atoms with Crippen LogP contribution in [0.1, 0.15) is 26.7 Å². The van der Waals surface area contributed by atoms with Crippen LogP contribution in [0, 0.1) is 5.92 Å². The van der Waals surface area contributed by atoms with E-state index < -0.39 is 0 Å². The summed E-state index contributed by atoms with van der Waals surface area (Å²) >= 11 is 0. The summed E-state index contributed by atoms with van der Waals surface area (Å²) in [7, 11) is 2.26. The lowest BCUT2D eigenvalue weighted by Gasteiger charge is -2.36. The Labute approximate surface area is 76.3 Å². The van der Waals surface area contributed by atoms with Gasteiger partial charge in [-0.2, -0.15) is 0 Å². The Morgan fingerprint density at radius 2 is 2.25 bits per heavy atom. The first-order valence-corrected chi connectivity index (χ1v) is 5.16. The topological polar surface area (TPSA) is 15.3 Å². The van der Waals surface area contributed by atoms with Crippen LogP contribution in [0.3, 0.4) is 0 Å². The Morgan fingerprint density at radius 3 is 2.83 bits per heavy atom. The van der Waals surface area contributed by atoms with E-state index in [0.29, 0.717) is 0 Å². The van der Waals surface area contributed by atoms with Crippen LogP contribution in [0.4, 0.5) is 0 Å². The first kappa shape index (κ1) is 10.0. The van der Waals surface area contributed by atoms with Crippen LogP contribution in [0.5, 0.6) is 0 Å². The zero-order valence-electron chi connectivity index (χ0n) is 8.64. The van der Waals surface area contributed by atoms with Gasteiger partial charge in [-0.25, -0.2) is 0 Å². The zero-order valence-corrected chi connectivity index (χ0v) is 8.64. The number of rotatable bonds is 3. The molecule has 1 heterocycles. The maximum atomic E-state index is 3.43. The Kier molecular flexibility index (Phi) is 4.02. The van der Waals surface area contributed by atoms with Gasteiger partial charge in [-0.15, -0.1) is 0 Å². The molecule has 0 aromatic heterocycles. The van der Waals surface area contributed by atoms with Gasteiger partial charge in [-0.05, 0) is 45.4 Å². The molecule has 0 aromatic carbocycles. The van der Waals surface area contributed by atoms with Gasteiger partial charge in [0.1, 0.15) is 0 Å². The normalized spacial score (nSPS) is 31.0. The molecule has 12 heavy (non-hydrogen) atoms. The fraction of sp³-hybridized carbons (Fsp3) is 1.00. The number of hydrogen-bond donors (Lipinski definition) is 1. The van der Waals surface area contributed by atoms with Gasteiger partial charge in [-0.3, -0.25) is 0 Å². The van der Waals surface area contributed by atoms with Crippen molar-refractivity contribution >= 4 is 0 Å². The maximum Gasteiger partial charge on any atom is 0.0142 e. The first-order valence-electron chi connectivity index (χ1n) is 5.16. The lowest BCUT2D eigenvalue weighted by molar-refractivity contribution is 0.149. The average molecular weight is 170 g/mol. The SMILES string of the molecule is CCCN(C)C1CCNCC1C. The minimum Gasteiger partial charge on any atom is -0.316 e. The lowest BCUT2D eigenvalue weighted by Crippen LogP contribution is -2.47. The summed E-state index contributed by atoms with van der Waals surface area (Å²) in [6, 6.07) is 0.811. The molecule has 2 unspecified atom stereocenters. The highest BCUT2D eigenvalue weighted by atomic mass is 15.1. The quantitative estimate of drug-likeness (QED) is 0.687. The second-order valence-electron chi connectivity index (χ2n) is 4.02. The van der Waals surface area contributed by atoms with Crippen molar-refractivity contribution in [2.24, 2.45) is 5.92 Å². The van der Waals surface area contributed by atoms with E-state index in [9.17, 15) is 0 Å². The van der Waals surface area contributed by atoms with Crippen molar-refractivity contribution in [3.63, 3.8) is 0 Å². The fourth-order valence-corrected chi connectivity index (χ4v) is 2.17. The molecule has 1 aliphatic heterocycles. The predicted octanol–water partition coefficient (Wildman–Crippen LogP) is 1.33. The summed E-state index contributed by atoms with van der Waals surface area (Å²) in [4.78, 5) is 2.52. The Bertz CT molecular complexity index is 125. The molecule has 0 saturated carbocycles. The highest BCUT2D eigenvalue weighted by Crippen LogP contribution is 2.16. The van der Waals surface area contributed by atoms with Gasteiger partial charge < -0.3 is 10.2 Å². The molecule has 2 heteroatoms. The van der Waals surface area contributed by atoms with E-state index in [1.165, 1.54) is 32.5 Å². The number of hydrogen-bond acceptors (Lipinski definition) is 2. The monoisotopic (exact) mass is 170 g/mol. The molecule has 1 saturated heterocycles. The summed E-state index contributed by atoms with van der Waals surface area (Å²) < 4.78 is 0. The maximum absolute atomic E-state index is 3.43. The molecule has 1 N–H and O–H groups in total. The third kappa shape index (κ3) is 2.46. The third-order valence-electron chi connectivity index (χ3n) is 2.88. The number of nitrogens with one attached hydrogen (secondary N) is 1. The summed E-state index contributed by atoms with van der Waals surface area (Å²) in [5.41, 5.74) is 0. The summed E-state index contributed by atoms with van der Waals surface area (Å²) in [6.45, 7) is 8.24. The van der Waals surface area contributed by atoms with E-state index in [1.54, 1.807) is 0 Å². The third-order valence-corrected chi connectivity index (χ3v) is 2.88. The van der Waals surface area contributed by atoms with Crippen LogP contribution in [0.15, 0.2) is 0 Å². The van der Waals surface area contributed by atoms with Crippen molar-refractivity contribution in [1.82, 2.24) is 10.2 Å². The molecule has 1 fully saturated rings. The largest absolute Gasteiger partial charge is 0.316 e. The Balaban J connectivity index is 2.36. The van der Waals surface area contributed by atoms with Crippen molar-refractivity contribution < 1.29 is 0 Å². The van der Waals surface area contributed by atoms with Crippen molar-refractivity contribution in [3.8, 4) is 0 Å². The van der Waals surface area contributed by atoms with Crippen LogP contribution in [0.25, 0.3) is 0 Å². The van der Waals surface area contributed by atoms with Gasteiger partial charge in [0, 0.05) is 6.04 Å². The minimum absolute atomic E-state index is 0.811. The molecule has 0 amide bonds. The van der Waals surface area contributed by atoms with E-state index in [1.807, 2.05) is 0 Å². The van der Waals surface area contributed by atoms with E-state index in [2.05, 4.69) is 31.1 Å². The zero-order chi connectivity index (χ0) is 8.97. The molecule has 2 nitrogen and oxygen atoms in total. The van der Waals surface area contributed by atoms with Gasteiger partial charge in [0.25, 0.3) is 0 Å². The molecule has 0 radical (unpaired) electrons. The summed E-state index contributed by atoms with van der Waals surface area (Å²) in [5.74, 6) is 0.815. The van der Waals surface area contributed by atoms with Gasteiger partial charge in [0.05, 0.1) is 0 Å². The average Bonchev–Trinajstić information content (AvgIpc) is 2.05. The Hall–Kier alpha value is -0.0800. The molecule has 72 valence electrons. The smallest absolute Gasteiger partial charge is 0.0142 e. The predicted molar refractivity (Wildman–Crippen MR) is 53.4 cm³/mol. The second-order valence-corrected chi connectivity index (χ2v) is 4.02. The number of nitrogens with zero attached hydrogens (tertiary/aromatic N) is 1. The van der Waals surface area contributed by atoms with Crippen molar-refractivity contribution in [1.29, 1.82) is 0 Å². The molecule has 0 spiro atoms. The summed E-state index contributed by atoms with van der Waals surface area (Å²) in [5, 5.41) is 3.43. The second kappa shape index (κ2) is 4.83. The van der Waals surface area contributed by atoms with E-state index >= 15 is 0 Å². The number of piperidine rings is 1. The first-order chi connectivity index (χ1) is 5.75. The molecule has 2 atom stereocenters. The molecule has 1 rings (SSSR count). The van der Waals surface area contributed by atoms with E-state index in [0.717, 1.165) is 12.0 Å². The van der Waals surface area contributed by atoms with Gasteiger partial charge in [0.2, 0.25) is 0 Å². The van der Waals surface area contributed by atoms with Gasteiger partial charge >= 0.3 is 0 Å². The van der Waals surface area contributed by atoms with Crippen LogP contribution in [-0.4, -0.2) is 37.6 Å². The van der Waals surface area contributed by atoms with Crippen molar-refractivity contribution in [3.05, 3.63) is 0 Å². The van der Waals surface area contributed by atoms with Crippen molar-refractivity contribution in [2.45, 2.75) is 32.7 Å². The highest BCUT2D eigenvalue weighted by Gasteiger charge is 2.23. The van der Waals surface area contributed by atoms with Gasteiger partial charge in [-0.1, -0.05) is 13.8 Å². The molecular weight excluding hydrogens is 148 g/mol. The van der Waals surface area contributed by atoms with Crippen LogP contribution in [-0.2, 0) is 0 Å². The van der Waals surface area contributed by atoms with Gasteiger partial charge in [0.15, 0.2) is 0 Å². The molecule has 1 aliphatic rings. The molecule has 0 aromatic rings. The molecule has 0 aliphatic carbocycles.